The van der Waals surface area contributed by atoms with Crippen LogP contribution in [-0.2, 0) is 11.2 Å². The van der Waals surface area contributed by atoms with Gasteiger partial charge in [0.2, 0.25) is 0 Å². The normalized spacial score (nSPS) is 15.8. The molecule has 7 nitrogen and oxygen atoms in total. The molecule has 3 heterocycles. The van der Waals surface area contributed by atoms with Crippen LogP contribution in [0.25, 0.3) is 16.6 Å². The maximum atomic E-state index is 15.4. The third kappa shape index (κ3) is 8.06. The average molecular weight is 545 g/mol. The third-order valence-electron chi connectivity index (χ3n) is 6.67. The fourth-order valence-electron chi connectivity index (χ4n) is 4.50. The molecule has 1 aliphatic rings. The molecule has 3 rings (SSSR count). The molecule has 2 N–H and O–H groups in total. The van der Waals surface area contributed by atoms with Gasteiger partial charge in [-0.2, -0.15) is 0 Å². The number of halogens is 2. The fourth-order valence-corrected chi connectivity index (χ4v) is 4.72. The first-order valence-electron chi connectivity index (χ1n) is 13.7. The summed E-state index contributed by atoms with van der Waals surface area (Å²) >= 11 is 6.60. The molecule has 0 saturated carbocycles. The molecular weight excluding hydrogens is 503 g/mol. The van der Waals surface area contributed by atoms with Crippen molar-refractivity contribution in [3.05, 3.63) is 52.2 Å². The number of aryl methyl sites for hydroxylation is 2. The van der Waals surface area contributed by atoms with Crippen molar-refractivity contribution >= 4 is 34.0 Å². The number of nitrogens with two attached hydrogens (primary N) is 1. The van der Waals surface area contributed by atoms with Crippen LogP contribution in [0.1, 0.15) is 57.0 Å². The maximum absolute atomic E-state index is 15.4. The van der Waals surface area contributed by atoms with Gasteiger partial charge in [-0.3, -0.25) is 4.90 Å². The lowest BCUT2D eigenvalue weighted by Crippen LogP contribution is -2.48. The van der Waals surface area contributed by atoms with E-state index in [2.05, 4.69) is 28.6 Å². The number of allylic oxidation sites excluding steroid dienone is 3. The van der Waals surface area contributed by atoms with Crippen LogP contribution in [0.15, 0.2) is 29.4 Å². The van der Waals surface area contributed by atoms with E-state index in [-0.39, 0.29) is 5.69 Å². The minimum Gasteiger partial charge on any atom is -0.379 e. The Bertz CT molecular complexity index is 1160. The molecule has 2 aromatic rings. The minimum atomic E-state index is -0.417. The van der Waals surface area contributed by atoms with Crippen LogP contribution in [0.5, 0.6) is 0 Å². The average Bonchev–Trinajstić information content (AvgIpc) is 2.91. The van der Waals surface area contributed by atoms with Crippen molar-refractivity contribution in [2.75, 3.05) is 52.5 Å². The van der Waals surface area contributed by atoms with Crippen molar-refractivity contribution in [1.29, 1.82) is 0 Å². The lowest BCUT2D eigenvalue weighted by Gasteiger charge is -2.35. The summed E-state index contributed by atoms with van der Waals surface area (Å²) in [4.78, 5) is 18.7. The number of unbranched alkanes of at least 4 members (excludes halogenated alkanes) is 1. The zero-order chi connectivity index (χ0) is 27.5. The van der Waals surface area contributed by atoms with Gasteiger partial charge in [-0.15, -0.1) is 0 Å². The fraction of sp³-hybridized carbons (Fsp3) is 0.552. The first-order valence-corrected chi connectivity index (χ1v) is 14.1. The Hall–Kier alpha value is -2.39. The monoisotopic (exact) mass is 544 g/mol. The van der Waals surface area contributed by atoms with Crippen molar-refractivity contribution in [1.82, 2.24) is 19.8 Å². The first kappa shape index (κ1) is 30.2. The van der Waals surface area contributed by atoms with Crippen molar-refractivity contribution in [3.8, 4) is 0 Å². The van der Waals surface area contributed by atoms with E-state index < -0.39 is 5.82 Å². The lowest BCUT2D eigenvalue weighted by molar-refractivity contribution is 0.0929. The lowest BCUT2D eigenvalue weighted by atomic mass is 10.1. The number of ether oxygens (including phenoxy) is 1. The van der Waals surface area contributed by atoms with Crippen LogP contribution in [-0.4, -0.2) is 78.1 Å². The second-order valence-corrected chi connectivity index (χ2v) is 9.99. The Kier molecular flexibility index (Phi) is 12.1. The van der Waals surface area contributed by atoms with Crippen molar-refractivity contribution < 1.29 is 9.13 Å². The molecule has 208 valence electrons. The summed E-state index contributed by atoms with van der Waals surface area (Å²) in [5.41, 5.74) is 9.17. The summed E-state index contributed by atoms with van der Waals surface area (Å²) < 4.78 is 20.9. The molecule has 0 amide bonds. The molecule has 1 aliphatic heterocycles. The highest BCUT2D eigenvalue weighted by molar-refractivity contribution is 6.32. The van der Waals surface area contributed by atoms with Gasteiger partial charge < -0.3 is 15.4 Å². The Morgan fingerprint density at radius 2 is 1.95 bits per heavy atom. The minimum absolute atomic E-state index is 0.266. The molecule has 0 radical (unpaired) electrons. The number of nitrogens with zero attached hydrogens (tertiary/aromatic N) is 5. The van der Waals surface area contributed by atoms with Gasteiger partial charge in [0.25, 0.3) is 0 Å². The van der Waals surface area contributed by atoms with Crippen molar-refractivity contribution in [2.24, 2.45) is 10.7 Å². The molecule has 2 aromatic heterocycles. The molecule has 1 saturated heterocycles. The second-order valence-electron chi connectivity index (χ2n) is 9.61. The number of hydrogen-bond acceptors (Lipinski definition) is 6. The number of hydrogen-bond donors (Lipinski definition) is 1. The van der Waals surface area contributed by atoms with E-state index in [0.717, 1.165) is 69.8 Å². The molecule has 0 spiro atoms. The number of pyridine rings is 2. The summed E-state index contributed by atoms with van der Waals surface area (Å²) in [6.07, 6.45) is 9.24. The Labute approximate surface area is 231 Å². The van der Waals surface area contributed by atoms with Gasteiger partial charge in [0.15, 0.2) is 5.82 Å². The summed E-state index contributed by atoms with van der Waals surface area (Å²) in [7, 11) is 0. The van der Waals surface area contributed by atoms with Crippen LogP contribution in [0, 0.1) is 12.7 Å². The van der Waals surface area contributed by atoms with Gasteiger partial charge >= 0.3 is 0 Å². The molecule has 0 aliphatic carbocycles. The van der Waals surface area contributed by atoms with E-state index in [1.165, 1.54) is 6.07 Å². The number of rotatable bonds is 12. The summed E-state index contributed by atoms with van der Waals surface area (Å²) in [5.74, 6) is 0.485. The number of amidine groups is 1. The Balaban J connectivity index is 1.87. The van der Waals surface area contributed by atoms with Gasteiger partial charge in [-0.25, -0.2) is 19.4 Å². The largest absolute Gasteiger partial charge is 0.379 e. The zero-order valence-corrected chi connectivity index (χ0v) is 24.0. The van der Waals surface area contributed by atoms with E-state index in [1.807, 2.05) is 26.0 Å². The predicted molar refractivity (Wildman–Crippen MR) is 156 cm³/mol. The van der Waals surface area contributed by atoms with Crippen LogP contribution >= 0.6 is 11.6 Å². The first-order chi connectivity index (χ1) is 18.4. The van der Waals surface area contributed by atoms with Gasteiger partial charge in [-0.1, -0.05) is 50.4 Å². The van der Waals surface area contributed by atoms with Crippen LogP contribution < -0.4 is 5.73 Å². The quantitative estimate of drug-likeness (QED) is 0.167. The van der Waals surface area contributed by atoms with E-state index in [9.17, 15) is 0 Å². The van der Waals surface area contributed by atoms with E-state index in [1.54, 1.807) is 6.20 Å². The van der Waals surface area contributed by atoms with Crippen LogP contribution in [0.4, 0.5) is 4.39 Å². The summed E-state index contributed by atoms with van der Waals surface area (Å²) in [6.45, 7) is 14.5. The van der Waals surface area contributed by atoms with Crippen molar-refractivity contribution in [2.45, 2.75) is 53.4 Å². The summed E-state index contributed by atoms with van der Waals surface area (Å²) in [6, 6.07) is 1.47. The van der Waals surface area contributed by atoms with Gasteiger partial charge in [0.05, 0.1) is 35.0 Å². The molecule has 0 atom stereocenters. The highest BCUT2D eigenvalue weighted by atomic mass is 35.5. The zero-order valence-electron chi connectivity index (χ0n) is 23.3. The van der Waals surface area contributed by atoms with Crippen LogP contribution in [0.3, 0.4) is 0 Å². The highest BCUT2D eigenvalue weighted by Crippen LogP contribution is 2.30. The molecule has 0 unspecified atom stereocenters. The Morgan fingerprint density at radius 3 is 2.63 bits per heavy atom. The number of aromatic nitrogens is 2. The van der Waals surface area contributed by atoms with Crippen molar-refractivity contribution in [3.63, 3.8) is 0 Å². The maximum Gasteiger partial charge on any atom is 0.151 e. The molecule has 1 fully saturated rings. The SMILES string of the molecule is CCC/C=C/C(=C\N=C(C)N1CCN(CCOCCN)CC1)c1nc2c(CCC)c(Cl)c(C)nc2cc1F. The number of fused-ring (bicyclic) bond motifs is 1. The van der Waals surface area contributed by atoms with E-state index in [0.29, 0.717) is 47.1 Å². The van der Waals surface area contributed by atoms with Gasteiger partial charge in [0.1, 0.15) is 11.5 Å². The molecule has 9 heteroatoms. The molecule has 0 aromatic carbocycles. The third-order valence-corrected chi connectivity index (χ3v) is 7.17. The second kappa shape index (κ2) is 15.3. The van der Waals surface area contributed by atoms with Crippen LogP contribution in [0.2, 0.25) is 5.02 Å². The van der Waals surface area contributed by atoms with E-state index in [4.69, 9.17) is 32.0 Å². The molecule has 0 bridgehead atoms. The van der Waals surface area contributed by atoms with Gasteiger partial charge in [-0.05, 0) is 26.7 Å². The smallest absolute Gasteiger partial charge is 0.151 e. The Morgan fingerprint density at radius 1 is 1.18 bits per heavy atom. The molecule has 38 heavy (non-hydrogen) atoms. The number of piperazine rings is 1. The topological polar surface area (TPSA) is 79.9 Å². The highest BCUT2D eigenvalue weighted by Gasteiger charge is 2.19. The summed E-state index contributed by atoms with van der Waals surface area (Å²) in [5, 5.41) is 0.607. The van der Waals surface area contributed by atoms with Gasteiger partial charge in [0, 0.05) is 62.7 Å². The van der Waals surface area contributed by atoms with E-state index >= 15 is 4.39 Å². The predicted octanol–water partition coefficient (Wildman–Crippen LogP) is 5.39. The standard InChI is InChI=1S/C29H42ClFN6O/c1-5-7-8-10-23(20-33-22(4)37-14-12-36(13-15-37)16-18-38-17-11-32)28-25(31)19-26-29(35-28)24(9-6-2)27(30)21(3)34-26/h8,10,19-20H,5-7,9,11-18,32H2,1-4H3/b10-8+,23-20+,33-22?. The number of aliphatic imine (C=N–C) groups is 1. The molecular formula is C29H42ClFN6O.